The predicted molar refractivity (Wildman–Crippen MR) is 157 cm³/mol. The lowest BCUT2D eigenvalue weighted by atomic mass is 9.21. The number of rotatable bonds is 0. The van der Waals surface area contributed by atoms with Gasteiger partial charge in [-0.1, -0.05) is 100 Å². The third kappa shape index (κ3) is 2.79. The topological polar surface area (TPSA) is 19.0 Å². The molecule has 6 fully saturated rings. The number of nitrogens with zero attached hydrogens (tertiary/aromatic N) is 6. The van der Waals surface area contributed by atoms with Gasteiger partial charge in [0, 0.05) is 51.9 Å². The van der Waals surface area contributed by atoms with Crippen molar-refractivity contribution in [2.75, 3.05) is 52.4 Å². The highest BCUT2D eigenvalue weighted by Crippen LogP contribution is 2.59. The van der Waals surface area contributed by atoms with E-state index in [2.05, 4.69) is 28.4 Å². The Labute approximate surface area is 231 Å². The zero-order chi connectivity index (χ0) is 24.9. The van der Waals surface area contributed by atoms with Crippen molar-refractivity contribution in [1.29, 1.82) is 0 Å². The number of guanidine groups is 2. The average Bonchev–Trinajstić information content (AvgIpc) is 2.94. The summed E-state index contributed by atoms with van der Waals surface area (Å²) in [6, 6.07) is 0. The van der Waals surface area contributed by atoms with Gasteiger partial charge >= 0.3 is 12.8 Å². The second-order valence-corrected chi connectivity index (χ2v) is 15.3. The first kappa shape index (κ1) is 23.4. The molecular weight excluding hydrogens is 466 g/mol. The van der Waals surface area contributed by atoms with Gasteiger partial charge in [0.25, 0.3) is 11.9 Å². The van der Waals surface area contributed by atoms with Crippen LogP contribution in [0.4, 0.5) is 0 Å². The van der Waals surface area contributed by atoms with E-state index in [1.54, 1.807) is 11.9 Å². The molecule has 0 N–H and O–H groups in total. The van der Waals surface area contributed by atoms with Crippen LogP contribution in [-0.2, 0) is 0 Å². The Hall–Kier alpha value is -1.33. The highest BCUT2D eigenvalue weighted by atomic mass is 15.5. The second kappa shape index (κ2) is 8.58. The zero-order valence-electron chi connectivity index (χ0n) is 24.1. The Morgan fingerprint density at radius 2 is 0.763 bits per heavy atom. The molecule has 38 heavy (non-hydrogen) atoms. The van der Waals surface area contributed by atoms with Gasteiger partial charge in [-0.05, 0) is 0 Å². The lowest BCUT2D eigenvalue weighted by Crippen LogP contribution is -2.86. The molecule has 8 heteroatoms. The molecule has 9 aliphatic rings. The molecule has 2 spiro atoms. The summed E-state index contributed by atoms with van der Waals surface area (Å²) in [6.07, 6.45) is 21.9. The summed E-state index contributed by atoms with van der Waals surface area (Å²) in [7, 11) is 0. The minimum Gasteiger partial charge on any atom is -0.422 e. The summed E-state index contributed by atoms with van der Waals surface area (Å²) < 4.78 is 6.51. The molecule has 0 unspecified atom stereocenters. The van der Waals surface area contributed by atoms with Gasteiger partial charge < -0.3 is 18.6 Å². The van der Waals surface area contributed by atoms with Crippen LogP contribution in [0.25, 0.3) is 0 Å². The molecule has 0 radical (unpaired) electrons. The Balaban J connectivity index is 1.38. The molecule has 4 bridgehead atoms. The lowest BCUT2D eigenvalue weighted by Gasteiger charge is -2.70. The fourth-order valence-electron chi connectivity index (χ4n) is 13.6. The minimum atomic E-state index is -0.746. The molecule has 0 amide bonds. The van der Waals surface area contributed by atoms with Crippen molar-refractivity contribution in [2.24, 2.45) is 0 Å². The molecule has 9 aliphatic heterocycles. The van der Waals surface area contributed by atoms with Crippen LogP contribution in [0, 0.1) is 0 Å². The summed E-state index contributed by atoms with van der Waals surface area (Å²) in [5.74, 6) is 7.21. The quantitative estimate of drug-likeness (QED) is 0.435. The van der Waals surface area contributed by atoms with Gasteiger partial charge in [0.1, 0.15) is 0 Å². The van der Waals surface area contributed by atoms with Gasteiger partial charge in [-0.3, -0.25) is 9.80 Å². The molecule has 0 aromatic carbocycles. The second-order valence-electron chi connectivity index (χ2n) is 15.3. The Bertz CT molecular complexity index is 931. The van der Waals surface area contributed by atoms with Crippen molar-refractivity contribution in [1.82, 2.24) is 19.4 Å². The molecule has 0 aromatic rings. The van der Waals surface area contributed by atoms with Gasteiger partial charge in [-0.25, -0.2) is 0 Å². The zero-order valence-corrected chi connectivity index (χ0v) is 24.1. The van der Waals surface area contributed by atoms with E-state index in [0.717, 1.165) is 23.3 Å². The molecule has 9 heterocycles. The third-order valence-corrected chi connectivity index (χ3v) is 14.3. The third-order valence-electron chi connectivity index (χ3n) is 14.3. The van der Waals surface area contributed by atoms with Crippen LogP contribution in [0.1, 0.15) is 103 Å². The first-order valence-corrected chi connectivity index (χ1v) is 17.5. The molecule has 0 atom stereocenters. The van der Waals surface area contributed by atoms with Crippen molar-refractivity contribution in [3.05, 3.63) is 0 Å². The fraction of sp³-hybridized carbons (Fsp3) is 0.933. The van der Waals surface area contributed by atoms with Gasteiger partial charge in [0.05, 0.1) is 26.2 Å². The van der Waals surface area contributed by atoms with Crippen molar-refractivity contribution in [2.45, 2.75) is 126 Å². The van der Waals surface area contributed by atoms with Crippen LogP contribution in [0.2, 0.25) is 23.3 Å². The van der Waals surface area contributed by atoms with E-state index in [9.17, 15) is 0 Å². The van der Waals surface area contributed by atoms with E-state index in [1.807, 2.05) is 0 Å². The first-order chi connectivity index (χ1) is 18.8. The Morgan fingerprint density at radius 3 is 1.13 bits per heavy atom. The maximum atomic E-state index is 3.26. The van der Waals surface area contributed by atoms with Crippen molar-refractivity contribution < 1.29 is 8.97 Å². The monoisotopic (exact) mass is 518 g/mol. The smallest absolute Gasteiger partial charge is 0.321 e. The molecule has 0 aliphatic carbocycles. The van der Waals surface area contributed by atoms with Crippen molar-refractivity contribution >= 4 is 24.8 Å². The first-order valence-electron chi connectivity index (χ1n) is 17.5. The SMILES string of the molecule is C1CC2CCCC(C1)[B-]21N2CCCN3CCC[N+](=C32)[B-]2(C3CCCC2CCC3)N2CCCN3CCC[N+]1=C32. The highest BCUT2D eigenvalue weighted by molar-refractivity contribution is 6.79. The van der Waals surface area contributed by atoms with Gasteiger partial charge in [-0.15, -0.1) is 0 Å². The maximum absolute atomic E-state index is 3.26. The van der Waals surface area contributed by atoms with Gasteiger partial charge in [0.2, 0.25) is 0 Å². The number of hydrogen-bond acceptors (Lipinski definition) is 4. The van der Waals surface area contributed by atoms with Gasteiger partial charge in [-0.2, -0.15) is 0 Å². The van der Waals surface area contributed by atoms with Crippen LogP contribution >= 0.6 is 0 Å². The molecule has 0 saturated carbocycles. The standard InChI is InChI=1S/C30H52B2N6/c1-9-25-11-2-12-26(10-1)31(25)35-21-5-17-33-19-7-23-37(29(33)35)32(27-13-3-14-28(32)16-4-15-27)38-24-8-20-34-18-6-22-36(31)30(34)38/h25-28H,1-24H2. The summed E-state index contributed by atoms with van der Waals surface area (Å²) in [4.78, 5) is 12.4. The van der Waals surface area contributed by atoms with Crippen molar-refractivity contribution in [3.8, 4) is 0 Å². The molecule has 6 saturated heterocycles. The molecular formula is C30H52B2N6. The normalized spacial score (nSPS) is 44.2. The average molecular weight is 518 g/mol. The van der Waals surface area contributed by atoms with Crippen LogP contribution in [0.15, 0.2) is 0 Å². The molecule has 6 nitrogen and oxygen atoms in total. The minimum absolute atomic E-state index is 0.746. The highest BCUT2D eigenvalue weighted by Gasteiger charge is 2.67. The van der Waals surface area contributed by atoms with E-state index in [-0.39, 0.29) is 0 Å². The fourth-order valence-corrected chi connectivity index (χ4v) is 13.6. The lowest BCUT2D eigenvalue weighted by molar-refractivity contribution is -0.465. The number of hydrogen-bond donors (Lipinski definition) is 0. The molecule has 9 rings (SSSR count). The van der Waals surface area contributed by atoms with Crippen LogP contribution in [-0.4, -0.2) is 106 Å². The summed E-state index contributed by atoms with van der Waals surface area (Å²) in [5, 5.41) is 0. The Morgan fingerprint density at radius 1 is 0.421 bits per heavy atom. The summed E-state index contributed by atoms with van der Waals surface area (Å²) >= 11 is 0. The van der Waals surface area contributed by atoms with Crippen molar-refractivity contribution in [3.63, 3.8) is 0 Å². The van der Waals surface area contributed by atoms with Gasteiger partial charge in [0.15, 0.2) is 0 Å². The van der Waals surface area contributed by atoms with E-state index < -0.39 is 12.8 Å². The summed E-state index contributed by atoms with van der Waals surface area (Å²) in [6.45, 7) is 10.6. The van der Waals surface area contributed by atoms with Crippen LogP contribution < -0.4 is 0 Å². The van der Waals surface area contributed by atoms with Crippen LogP contribution in [0.3, 0.4) is 0 Å². The summed E-state index contributed by atoms with van der Waals surface area (Å²) in [5.41, 5.74) is 0. The Kier molecular flexibility index (Phi) is 5.28. The largest absolute Gasteiger partial charge is 0.422 e. The van der Waals surface area contributed by atoms with E-state index >= 15 is 0 Å². The maximum Gasteiger partial charge on any atom is 0.321 e. The molecule has 208 valence electrons. The van der Waals surface area contributed by atoms with E-state index in [4.69, 9.17) is 0 Å². The molecule has 0 aromatic heterocycles. The van der Waals surface area contributed by atoms with E-state index in [1.165, 1.54) is 155 Å². The van der Waals surface area contributed by atoms with Crippen LogP contribution in [0.5, 0.6) is 0 Å². The predicted octanol–water partition coefficient (Wildman–Crippen LogP) is 4.66. The van der Waals surface area contributed by atoms with E-state index in [0.29, 0.717) is 0 Å².